The minimum Gasteiger partial charge on any atom is -0.378 e. The fraction of sp³-hybridized carbons (Fsp3) is 0.562. The van der Waals surface area contributed by atoms with Crippen LogP contribution in [0.2, 0.25) is 0 Å². The van der Waals surface area contributed by atoms with Crippen molar-refractivity contribution in [3.63, 3.8) is 0 Å². The maximum absolute atomic E-state index is 12.2. The number of ether oxygens (including phenoxy) is 1. The summed E-state index contributed by atoms with van der Waals surface area (Å²) in [5, 5.41) is 3.01. The fourth-order valence-electron chi connectivity index (χ4n) is 2.43. The first-order chi connectivity index (χ1) is 9.40. The van der Waals surface area contributed by atoms with E-state index < -0.39 is 0 Å². The number of benzene rings is 1. The van der Waals surface area contributed by atoms with Gasteiger partial charge < -0.3 is 10.1 Å². The molecule has 0 unspecified atom stereocenters. The molecule has 4 nitrogen and oxygen atoms in total. The quantitative estimate of drug-likeness (QED) is 0.921. The molecule has 1 aromatic carbocycles. The SMILES string of the molecule is Cc1cccc(NC(=O)CN2CCOCC2(C)C)c1C. The summed E-state index contributed by atoms with van der Waals surface area (Å²) in [6.07, 6.45) is 0. The second kappa shape index (κ2) is 5.94. The van der Waals surface area contributed by atoms with Crippen molar-refractivity contribution >= 4 is 11.6 Å². The predicted molar refractivity (Wildman–Crippen MR) is 81.0 cm³/mol. The highest BCUT2D eigenvalue weighted by Gasteiger charge is 2.31. The zero-order valence-corrected chi connectivity index (χ0v) is 12.8. The molecule has 4 heteroatoms. The monoisotopic (exact) mass is 276 g/mol. The first-order valence-electron chi connectivity index (χ1n) is 7.09. The maximum atomic E-state index is 12.2. The second-order valence-electron chi connectivity index (χ2n) is 6.08. The lowest BCUT2D eigenvalue weighted by molar-refractivity contribution is -0.122. The molecule has 20 heavy (non-hydrogen) atoms. The van der Waals surface area contributed by atoms with Crippen LogP contribution in [0, 0.1) is 13.8 Å². The van der Waals surface area contributed by atoms with E-state index in [9.17, 15) is 4.79 Å². The molecule has 1 amide bonds. The van der Waals surface area contributed by atoms with Crippen LogP contribution in [0.3, 0.4) is 0 Å². The van der Waals surface area contributed by atoms with Gasteiger partial charge in [-0.3, -0.25) is 9.69 Å². The van der Waals surface area contributed by atoms with Gasteiger partial charge >= 0.3 is 0 Å². The number of nitrogens with zero attached hydrogens (tertiary/aromatic N) is 1. The van der Waals surface area contributed by atoms with Crippen LogP contribution in [-0.4, -0.2) is 42.6 Å². The molecule has 0 atom stereocenters. The summed E-state index contributed by atoms with van der Waals surface area (Å²) in [6, 6.07) is 5.97. The van der Waals surface area contributed by atoms with Gasteiger partial charge in [0.05, 0.1) is 19.8 Å². The van der Waals surface area contributed by atoms with Gasteiger partial charge in [-0.05, 0) is 44.9 Å². The van der Waals surface area contributed by atoms with Crippen LogP contribution in [0.15, 0.2) is 18.2 Å². The number of carbonyl (C=O) groups is 1. The summed E-state index contributed by atoms with van der Waals surface area (Å²) >= 11 is 0. The van der Waals surface area contributed by atoms with E-state index in [4.69, 9.17) is 4.74 Å². The predicted octanol–water partition coefficient (Wildman–Crippen LogP) is 2.35. The summed E-state index contributed by atoms with van der Waals surface area (Å²) in [7, 11) is 0. The van der Waals surface area contributed by atoms with Crippen LogP contribution in [0.4, 0.5) is 5.69 Å². The van der Waals surface area contributed by atoms with Crippen molar-refractivity contribution in [3.05, 3.63) is 29.3 Å². The Balaban J connectivity index is 2.00. The summed E-state index contributed by atoms with van der Waals surface area (Å²) in [4.78, 5) is 14.4. The lowest BCUT2D eigenvalue weighted by Gasteiger charge is -2.41. The molecule has 0 radical (unpaired) electrons. The van der Waals surface area contributed by atoms with Gasteiger partial charge in [0.25, 0.3) is 0 Å². The zero-order valence-electron chi connectivity index (χ0n) is 12.8. The third-order valence-corrected chi connectivity index (χ3v) is 4.03. The summed E-state index contributed by atoms with van der Waals surface area (Å²) in [5.41, 5.74) is 3.13. The lowest BCUT2D eigenvalue weighted by Crippen LogP contribution is -2.55. The van der Waals surface area contributed by atoms with Crippen LogP contribution < -0.4 is 5.32 Å². The van der Waals surface area contributed by atoms with Crippen molar-refractivity contribution in [3.8, 4) is 0 Å². The number of morpholine rings is 1. The molecule has 0 aromatic heterocycles. The molecule has 1 aromatic rings. The molecular weight excluding hydrogens is 252 g/mol. The molecule has 1 saturated heterocycles. The Bertz CT molecular complexity index is 497. The molecule has 110 valence electrons. The minimum absolute atomic E-state index is 0.0358. The Labute approximate surface area is 121 Å². The largest absolute Gasteiger partial charge is 0.378 e. The molecule has 0 spiro atoms. The van der Waals surface area contributed by atoms with E-state index in [1.54, 1.807) is 0 Å². The van der Waals surface area contributed by atoms with E-state index >= 15 is 0 Å². The van der Waals surface area contributed by atoms with E-state index in [1.807, 2.05) is 19.1 Å². The highest BCUT2D eigenvalue weighted by atomic mass is 16.5. The van der Waals surface area contributed by atoms with Crippen molar-refractivity contribution in [1.29, 1.82) is 0 Å². The highest BCUT2D eigenvalue weighted by Crippen LogP contribution is 2.20. The molecule has 1 aliphatic rings. The molecule has 0 bridgehead atoms. The molecule has 1 heterocycles. The molecule has 1 N–H and O–H groups in total. The summed E-state index contributed by atoms with van der Waals surface area (Å²) < 4.78 is 5.48. The van der Waals surface area contributed by atoms with Gasteiger partial charge in [-0.25, -0.2) is 0 Å². The van der Waals surface area contributed by atoms with Gasteiger partial charge in [-0.1, -0.05) is 12.1 Å². The number of carbonyl (C=O) groups excluding carboxylic acids is 1. The smallest absolute Gasteiger partial charge is 0.238 e. The van der Waals surface area contributed by atoms with Crippen LogP contribution >= 0.6 is 0 Å². The van der Waals surface area contributed by atoms with Crippen LogP contribution in [0.25, 0.3) is 0 Å². The Morgan fingerprint density at radius 1 is 1.40 bits per heavy atom. The molecular formula is C16H24N2O2. The Kier molecular flexibility index (Phi) is 4.45. The van der Waals surface area contributed by atoms with Crippen molar-refractivity contribution in [1.82, 2.24) is 4.90 Å². The minimum atomic E-state index is -0.0861. The number of aryl methyl sites for hydroxylation is 1. The van der Waals surface area contributed by atoms with Gasteiger partial charge in [0.1, 0.15) is 0 Å². The number of hydrogen-bond acceptors (Lipinski definition) is 3. The standard InChI is InChI=1S/C16H24N2O2/c1-12-6-5-7-14(13(12)2)17-15(19)10-18-8-9-20-11-16(18,3)4/h5-7H,8-11H2,1-4H3,(H,17,19). The first kappa shape index (κ1) is 15.0. The number of hydrogen-bond donors (Lipinski definition) is 1. The van der Waals surface area contributed by atoms with E-state index in [0.717, 1.165) is 17.8 Å². The molecule has 1 aliphatic heterocycles. The number of amides is 1. The van der Waals surface area contributed by atoms with Crippen LogP contribution in [0.5, 0.6) is 0 Å². The fourth-order valence-corrected chi connectivity index (χ4v) is 2.43. The average Bonchev–Trinajstić information content (AvgIpc) is 2.37. The molecule has 1 fully saturated rings. The van der Waals surface area contributed by atoms with Crippen molar-refractivity contribution in [2.24, 2.45) is 0 Å². The number of anilines is 1. The number of nitrogens with one attached hydrogen (secondary N) is 1. The topological polar surface area (TPSA) is 41.6 Å². The lowest BCUT2D eigenvalue weighted by atomic mass is 10.0. The Morgan fingerprint density at radius 2 is 2.15 bits per heavy atom. The number of rotatable bonds is 3. The Morgan fingerprint density at radius 3 is 2.85 bits per heavy atom. The van der Waals surface area contributed by atoms with E-state index in [0.29, 0.717) is 19.8 Å². The summed E-state index contributed by atoms with van der Waals surface area (Å²) in [5.74, 6) is 0.0358. The van der Waals surface area contributed by atoms with Gasteiger partial charge in [0, 0.05) is 17.8 Å². The third-order valence-electron chi connectivity index (χ3n) is 4.03. The third kappa shape index (κ3) is 3.38. The average molecular weight is 276 g/mol. The van der Waals surface area contributed by atoms with Crippen molar-refractivity contribution < 1.29 is 9.53 Å². The molecule has 2 rings (SSSR count). The second-order valence-corrected chi connectivity index (χ2v) is 6.08. The zero-order chi connectivity index (χ0) is 14.8. The van der Waals surface area contributed by atoms with E-state index in [2.05, 4.69) is 37.1 Å². The highest BCUT2D eigenvalue weighted by molar-refractivity contribution is 5.93. The van der Waals surface area contributed by atoms with Crippen LogP contribution in [-0.2, 0) is 9.53 Å². The Hall–Kier alpha value is -1.39. The van der Waals surface area contributed by atoms with Crippen LogP contribution in [0.1, 0.15) is 25.0 Å². The normalized spacial score (nSPS) is 18.8. The van der Waals surface area contributed by atoms with Crippen molar-refractivity contribution in [2.75, 3.05) is 31.6 Å². The molecule has 0 saturated carbocycles. The van der Waals surface area contributed by atoms with Gasteiger partial charge in [-0.2, -0.15) is 0 Å². The van der Waals surface area contributed by atoms with Gasteiger partial charge in [-0.15, -0.1) is 0 Å². The first-order valence-corrected chi connectivity index (χ1v) is 7.09. The summed E-state index contributed by atoms with van der Waals surface area (Å²) in [6.45, 7) is 10.9. The van der Waals surface area contributed by atoms with E-state index in [1.165, 1.54) is 5.56 Å². The molecule has 0 aliphatic carbocycles. The van der Waals surface area contributed by atoms with Gasteiger partial charge in [0.2, 0.25) is 5.91 Å². The van der Waals surface area contributed by atoms with Crippen molar-refractivity contribution in [2.45, 2.75) is 33.2 Å². The van der Waals surface area contributed by atoms with Gasteiger partial charge in [0.15, 0.2) is 0 Å². The van der Waals surface area contributed by atoms with E-state index in [-0.39, 0.29) is 11.4 Å². The maximum Gasteiger partial charge on any atom is 0.238 e.